The SMILES string of the molecule is CN(C)CCOc1ccc(-n2cnc3cc(C(O[SiH](c4ccccc4)c4ccccc4)C(C)(C)C)sc3c2=O)cc1. The van der Waals surface area contributed by atoms with Gasteiger partial charge in [-0.3, -0.25) is 9.36 Å². The summed E-state index contributed by atoms with van der Waals surface area (Å²) in [5.74, 6) is 0.775. The first kappa shape index (κ1) is 28.9. The van der Waals surface area contributed by atoms with Gasteiger partial charge in [0.05, 0.1) is 17.3 Å². The Hall–Kier alpha value is -3.56. The molecule has 0 aliphatic heterocycles. The molecule has 41 heavy (non-hydrogen) atoms. The topological polar surface area (TPSA) is 56.6 Å². The van der Waals surface area contributed by atoms with Crippen LogP contribution >= 0.6 is 11.3 Å². The quantitative estimate of drug-likeness (QED) is 0.216. The Kier molecular flexibility index (Phi) is 8.84. The van der Waals surface area contributed by atoms with E-state index in [1.807, 2.05) is 56.6 Å². The molecule has 0 saturated carbocycles. The number of aromatic nitrogens is 2. The summed E-state index contributed by atoms with van der Waals surface area (Å²) in [5.41, 5.74) is 1.17. The molecular formula is C33H37N3O3SSi. The van der Waals surface area contributed by atoms with E-state index >= 15 is 0 Å². The van der Waals surface area contributed by atoms with Crippen molar-refractivity contribution in [3.63, 3.8) is 0 Å². The predicted molar refractivity (Wildman–Crippen MR) is 172 cm³/mol. The molecule has 6 nitrogen and oxygen atoms in total. The Morgan fingerprint density at radius 3 is 2.10 bits per heavy atom. The maximum atomic E-state index is 13.7. The van der Waals surface area contributed by atoms with Crippen LogP contribution in [0.1, 0.15) is 31.8 Å². The van der Waals surface area contributed by atoms with Crippen molar-refractivity contribution < 1.29 is 9.16 Å². The Labute approximate surface area is 247 Å². The standard InChI is InChI=1S/C33H37N3O3SSi/c1-33(2,3)31(39-41(26-12-8-6-9-13-26)27-14-10-7-11-15-27)29-22-28-30(40-29)32(37)36(23-34-28)24-16-18-25(19-17-24)38-21-20-35(4)5/h6-19,22-23,31,41H,20-21H2,1-5H3. The number of likely N-dealkylation sites (N-methyl/N-ethyl adjacent to an activating group) is 1. The van der Waals surface area contributed by atoms with Crippen LogP contribution in [0.15, 0.2) is 102 Å². The summed E-state index contributed by atoms with van der Waals surface area (Å²) >= 11 is 1.49. The molecule has 0 fully saturated rings. The first-order chi connectivity index (χ1) is 19.7. The van der Waals surface area contributed by atoms with Crippen LogP contribution in [0.5, 0.6) is 5.75 Å². The molecule has 1 unspecified atom stereocenters. The van der Waals surface area contributed by atoms with E-state index in [2.05, 4.69) is 79.2 Å². The number of fused-ring (bicyclic) bond motifs is 1. The number of thiophene rings is 1. The normalized spacial score (nSPS) is 12.8. The van der Waals surface area contributed by atoms with Gasteiger partial charge < -0.3 is 14.1 Å². The summed E-state index contributed by atoms with van der Waals surface area (Å²) in [6.45, 7) is 8.01. The number of hydrogen-bond donors (Lipinski definition) is 0. The van der Waals surface area contributed by atoms with Crippen LogP contribution in [0, 0.1) is 5.41 Å². The van der Waals surface area contributed by atoms with E-state index in [1.54, 1.807) is 10.9 Å². The molecule has 0 bridgehead atoms. The highest BCUT2D eigenvalue weighted by Gasteiger charge is 2.33. The Balaban J connectivity index is 1.47. The zero-order valence-electron chi connectivity index (χ0n) is 24.3. The predicted octanol–water partition coefficient (Wildman–Crippen LogP) is 5.03. The third-order valence-corrected chi connectivity index (χ3v) is 10.6. The number of ether oxygens (including phenoxy) is 1. The minimum absolute atomic E-state index is 0.0832. The van der Waals surface area contributed by atoms with Crippen LogP contribution in [0.3, 0.4) is 0 Å². The van der Waals surface area contributed by atoms with Gasteiger partial charge in [0, 0.05) is 11.4 Å². The summed E-state index contributed by atoms with van der Waals surface area (Å²) in [6, 6.07) is 30.6. The average Bonchev–Trinajstić information content (AvgIpc) is 3.39. The molecule has 2 aromatic heterocycles. The summed E-state index contributed by atoms with van der Waals surface area (Å²) in [5, 5.41) is 2.45. The van der Waals surface area contributed by atoms with E-state index in [4.69, 9.17) is 9.16 Å². The third-order valence-electron chi connectivity index (χ3n) is 6.90. The second-order valence-corrected chi connectivity index (χ2v) is 15.0. The summed E-state index contributed by atoms with van der Waals surface area (Å²) in [4.78, 5) is 21.5. The molecule has 0 radical (unpaired) electrons. The van der Waals surface area contributed by atoms with Crippen molar-refractivity contribution in [2.24, 2.45) is 5.41 Å². The summed E-state index contributed by atoms with van der Waals surface area (Å²) in [6.07, 6.45) is 1.41. The molecule has 5 rings (SSSR count). The largest absolute Gasteiger partial charge is 0.492 e. The van der Waals surface area contributed by atoms with Crippen molar-refractivity contribution in [3.8, 4) is 11.4 Å². The van der Waals surface area contributed by atoms with Crippen molar-refractivity contribution in [2.45, 2.75) is 26.9 Å². The van der Waals surface area contributed by atoms with Gasteiger partial charge in [0.2, 0.25) is 9.04 Å². The first-order valence-corrected chi connectivity index (χ1v) is 16.3. The number of rotatable bonds is 10. The summed E-state index contributed by atoms with van der Waals surface area (Å²) < 4.78 is 15.2. The second-order valence-electron chi connectivity index (χ2n) is 11.5. The Morgan fingerprint density at radius 2 is 1.54 bits per heavy atom. The van der Waals surface area contributed by atoms with Gasteiger partial charge in [0.15, 0.2) is 0 Å². The zero-order chi connectivity index (χ0) is 29.0. The molecule has 1 atom stereocenters. The smallest absolute Gasteiger partial charge is 0.275 e. The van der Waals surface area contributed by atoms with Gasteiger partial charge in [-0.15, -0.1) is 11.3 Å². The van der Waals surface area contributed by atoms with Crippen molar-refractivity contribution >= 4 is 41.0 Å². The van der Waals surface area contributed by atoms with Crippen molar-refractivity contribution in [1.82, 2.24) is 14.5 Å². The molecule has 8 heteroatoms. The van der Waals surface area contributed by atoms with Crippen LogP contribution in [-0.4, -0.2) is 50.7 Å². The molecule has 0 N–H and O–H groups in total. The molecule has 0 amide bonds. The fourth-order valence-electron chi connectivity index (χ4n) is 4.73. The minimum atomic E-state index is -2.02. The lowest BCUT2D eigenvalue weighted by atomic mass is 9.88. The molecule has 0 aliphatic carbocycles. The molecule has 212 valence electrons. The van der Waals surface area contributed by atoms with E-state index in [9.17, 15) is 4.79 Å². The third kappa shape index (κ3) is 6.85. The van der Waals surface area contributed by atoms with Gasteiger partial charge in [-0.2, -0.15) is 0 Å². The Morgan fingerprint density at radius 1 is 0.927 bits per heavy atom. The van der Waals surface area contributed by atoms with Gasteiger partial charge in [-0.25, -0.2) is 4.98 Å². The number of hydrogen-bond acceptors (Lipinski definition) is 6. The Bertz CT molecular complexity index is 1590. The van der Waals surface area contributed by atoms with Crippen molar-refractivity contribution in [1.29, 1.82) is 0 Å². The van der Waals surface area contributed by atoms with Gasteiger partial charge in [0.1, 0.15) is 23.4 Å². The lowest BCUT2D eigenvalue weighted by Crippen LogP contribution is -2.47. The highest BCUT2D eigenvalue weighted by molar-refractivity contribution is 7.19. The average molecular weight is 584 g/mol. The van der Waals surface area contributed by atoms with E-state index in [0.29, 0.717) is 16.8 Å². The number of nitrogens with zero attached hydrogens (tertiary/aromatic N) is 3. The number of benzene rings is 3. The summed E-state index contributed by atoms with van der Waals surface area (Å²) in [7, 11) is 2.00. The molecule has 0 saturated heterocycles. The van der Waals surface area contributed by atoms with Crippen LogP contribution in [0.2, 0.25) is 0 Å². The zero-order valence-corrected chi connectivity index (χ0v) is 26.3. The van der Waals surface area contributed by atoms with Crippen LogP contribution in [-0.2, 0) is 4.43 Å². The second kappa shape index (κ2) is 12.5. The van der Waals surface area contributed by atoms with E-state index in [-0.39, 0.29) is 17.1 Å². The van der Waals surface area contributed by atoms with E-state index < -0.39 is 9.04 Å². The minimum Gasteiger partial charge on any atom is -0.492 e. The van der Waals surface area contributed by atoms with E-state index in [1.165, 1.54) is 21.7 Å². The fourth-order valence-corrected chi connectivity index (χ4v) is 8.82. The monoisotopic (exact) mass is 583 g/mol. The van der Waals surface area contributed by atoms with Crippen LogP contribution < -0.4 is 20.7 Å². The van der Waals surface area contributed by atoms with Gasteiger partial charge in [-0.05, 0) is 60.2 Å². The molecular weight excluding hydrogens is 547 g/mol. The van der Waals surface area contributed by atoms with Crippen molar-refractivity contribution in [2.75, 3.05) is 27.2 Å². The van der Waals surface area contributed by atoms with Crippen LogP contribution in [0.4, 0.5) is 0 Å². The molecule has 3 aromatic carbocycles. The first-order valence-electron chi connectivity index (χ1n) is 13.8. The molecule has 2 heterocycles. The lowest BCUT2D eigenvalue weighted by molar-refractivity contribution is 0.0930. The van der Waals surface area contributed by atoms with E-state index in [0.717, 1.165) is 22.9 Å². The maximum Gasteiger partial charge on any atom is 0.275 e. The highest BCUT2D eigenvalue weighted by Crippen LogP contribution is 2.41. The molecule has 0 spiro atoms. The molecule has 0 aliphatic rings. The molecule has 5 aromatic rings. The highest BCUT2D eigenvalue weighted by atomic mass is 32.1. The lowest BCUT2D eigenvalue weighted by Gasteiger charge is -2.33. The van der Waals surface area contributed by atoms with Crippen molar-refractivity contribution in [3.05, 3.63) is 113 Å². The fraction of sp³-hybridized carbons (Fsp3) is 0.273. The van der Waals surface area contributed by atoms with Crippen LogP contribution in [0.25, 0.3) is 15.9 Å². The maximum absolute atomic E-state index is 13.7. The van der Waals surface area contributed by atoms with Gasteiger partial charge in [0.25, 0.3) is 5.56 Å². The van der Waals surface area contributed by atoms with Gasteiger partial charge in [-0.1, -0.05) is 81.4 Å². The van der Waals surface area contributed by atoms with Gasteiger partial charge >= 0.3 is 0 Å².